The lowest BCUT2D eigenvalue weighted by molar-refractivity contribution is 0.0663. The van der Waals surface area contributed by atoms with Gasteiger partial charge in [-0.1, -0.05) is 24.3 Å². The number of aromatic hydroxyl groups is 1. The maximum absolute atomic E-state index is 13.0. The molecule has 1 aliphatic rings. The Morgan fingerprint density at radius 2 is 1.96 bits per heavy atom. The minimum Gasteiger partial charge on any atom is -0.497 e. The Kier molecular flexibility index (Phi) is 5.10. The normalized spacial score (nSPS) is 16.9. The molecule has 3 aromatic rings. The molecular weight excluding hydrogens is 354 g/mol. The van der Waals surface area contributed by atoms with Gasteiger partial charge < -0.3 is 14.7 Å². The Labute approximate surface area is 163 Å². The van der Waals surface area contributed by atoms with Crippen LogP contribution in [0.5, 0.6) is 11.6 Å². The van der Waals surface area contributed by atoms with Crippen molar-refractivity contribution in [3.05, 3.63) is 59.8 Å². The summed E-state index contributed by atoms with van der Waals surface area (Å²) >= 11 is 0. The van der Waals surface area contributed by atoms with Gasteiger partial charge in [0.05, 0.1) is 18.1 Å². The highest BCUT2D eigenvalue weighted by atomic mass is 16.5. The largest absolute Gasteiger partial charge is 0.497 e. The van der Waals surface area contributed by atoms with Crippen molar-refractivity contribution in [2.45, 2.75) is 19.3 Å². The van der Waals surface area contributed by atoms with Gasteiger partial charge in [-0.25, -0.2) is 9.97 Å². The molecule has 2 heterocycles. The van der Waals surface area contributed by atoms with E-state index in [2.05, 4.69) is 16.0 Å². The van der Waals surface area contributed by atoms with E-state index in [9.17, 15) is 9.90 Å². The van der Waals surface area contributed by atoms with E-state index in [1.807, 2.05) is 30.3 Å². The zero-order chi connectivity index (χ0) is 19.5. The summed E-state index contributed by atoms with van der Waals surface area (Å²) in [4.78, 5) is 23.3. The fraction of sp³-hybridized carbons (Fsp3) is 0.318. The van der Waals surface area contributed by atoms with Crippen LogP contribution in [0.1, 0.15) is 28.9 Å². The van der Waals surface area contributed by atoms with Crippen molar-refractivity contribution in [1.82, 2.24) is 14.9 Å². The highest BCUT2D eigenvalue weighted by Crippen LogP contribution is 2.25. The number of amides is 1. The molecule has 0 spiro atoms. The third-order valence-corrected chi connectivity index (χ3v) is 5.22. The van der Waals surface area contributed by atoms with E-state index in [1.54, 1.807) is 24.1 Å². The Bertz CT molecular complexity index is 1010. The summed E-state index contributed by atoms with van der Waals surface area (Å²) in [6, 6.07) is 15.3. The summed E-state index contributed by atoms with van der Waals surface area (Å²) in [6.45, 7) is 1.31. The van der Waals surface area contributed by atoms with Crippen molar-refractivity contribution in [1.29, 1.82) is 0 Å². The maximum Gasteiger partial charge on any atom is 0.278 e. The van der Waals surface area contributed by atoms with Crippen LogP contribution >= 0.6 is 0 Å². The van der Waals surface area contributed by atoms with E-state index in [0.717, 1.165) is 25.0 Å². The molecule has 1 aromatic heterocycles. The van der Waals surface area contributed by atoms with Crippen LogP contribution in [0, 0.1) is 5.92 Å². The fourth-order valence-electron chi connectivity index (χ4n) is 3.83. The standard InChI is InChI=1S/C22H23N3O3/c1-28-17-8-4-6-15(13-17)12-16-7-5-11-25(14-16)22(27)20-21(26)24-19-10-3-2-9-18(19)23-20/h2-4,6,8-10,13,16H,5,7,11-12,14H2,1H3,(H,24,26). The lowest BCUT2D eigenvalue weighted by atomic mass is 9.91. The molecule has 28 heavy (non-hydrogen) atoms. The molecule has 1 fully saturated rings. The van der Waals surface area contributed by atoms with E-state index >= 15 is 0 Å². The van der Waals surface area contributed by atoms with Gasteiger partial charge in [-0.05, 0) is 55.0 Å². The van der Waals surface area contributed by atoms with Gasteiger partial charge in [0.25, 0.3) is 5.91 Å². The smallest absolute Gasteiger partial charge is 0.278 e. The average Bonchev–Trinajstić information content (AvgIpc) is 2.73. The minimum atomic E-state index is -0.307. The van der Waals surface area contributed by atoms with Crippen molar-refractivity contribution in [2.75, 3.05) is 20.2 Å². The van der Waals surface area contributed by atoms with Gasteiger partial charge in [-0.15, -0.1) is 0 Å². The van der Waals surface area contributed by atoms with E-state index in [1.165, 1.54) is 5.56 Å². The molecular formula is C22H23N3O3. The number of hydrogen-bond donors (Lipinski definition) is 1. The summed E-state index contributed by atoms with van der Waals surface area (Å²) in [5.41, 5.74) is 2.41. The second kappa shape index (κ2) is 7.84. The molecule has 144 valence electrons. The topological polar surface area (TPSA) is 75.5 Å². The molecule has 6 heteroatoms. The molecule has 0 saturated carbocycles. The number of piperidine rings is 1. The Hall–Kier alpha value is -3.15. The number of likely N-dealkylation sites (tertiary alicyclic amines) is 1. The van der Waals surface area contributed by atoms with Gasteiger partial charge >= 0.3 is 0 Å². The van der Waals surface area contributed by atoms with Crippen LogP contribution in [0.15, 0.2) is 48.5 Å². The second-order valence-electron chi connectivity index (χ2n) is 7.20. The third kappa shape index (κ3) is 3.76. The molecule has 1 saturated heterocycles. The molecule has 1 N–H and O–H groups in total. The number of benzene rings is 2. The van der Waals surface area contributed by atoms with Crippen LogP contribution < -0.4 is 4.74 Å². The zero-order valence-electron chi connectivity index (χ0n) is 15.8. The number of nitrogens with zero attached hydrogens (tertiary/aromatic N) is 3. The molecule has 6 nitrogen and oxygen atoms in total. The lowest BCUT2D eigenvalue weighted by Crippen LogP contribution is -2.41. The quantitative estimate of drug-likeness (QED) is 0.754. The lowest BCUT2D eigenvalue weighted by Gasteiger charge is -2.32. The van der Waals surface area contributed by atoms with E-state index in [4.69, 9.17) is 4.74 Å². The predicted molar refractivity (Wildman–Crippen MR) is 107 cm³/mol. The first-order valence-corrected chi connectivity index (χ1v) is 9.52. The summed E-state index contributed by atoms with van der Waals surface area (Å²) < 4.78 is 5.30. The van der Waals surface area contributed by atoms with E-state index in [-0.39, 0.29) is 17.5 Å². The van der Waals surface area contributed by atoms with Gasteiger partial charge in [0.15, 0.2) is 5.69 Å². The summed E-state index contributed by atoms with van der Waals surface area (Å²) in [7, 11) is 1.66. The summed E-state index contributed by atoms with van der Waals surface area (Å²) in [6.07, 6.45) is 2.88. The average molecular weight is 377 g/mol. The number of rotatable bonds is 4. The first kappa shape index (κ1) is 18.2. The van der Waals surface area contributed by atoms with E-state index < -0.39 is 0 Å². The fourth-order valence-corrected chi connectivity index (χ4v) is 3.83. The molecule has 0 aliphatic carbocycles. The highest BCUT2D eigenvalue weighted by Gasteiger charge is 2.28. The Morgan fingerprint density at radius 3 is 2.75 bits per heavy atom. The maximum atomic E-state index is 13.0. The van der Waals surface area contributed by atoms with Gasteiger partial charge in [-0.3, -0.25) is 4.79 Å². The number of para-hydroxylation sites is 2. The van der Waals surface area contributed by atoms with Crippen molar-refractivity contribution < 1.29 is 14.6 Å². The SMILES string of the molecule is COc1cccc(CC2CCCN(C(=O)c3nc4ccccc4nc3O)C2)c1. The summed E-state index contributed by atoms with van der Waals surface area (Å²) in [5.74, 6) is 0.641. The predicted octanol–water partition coefficient (Wildman–Crippen LogP) is 3.44. The number of fused-ring (bicyclic) bond motifs is 1. The number of carbonyl (C=O) groups excluding carboxylic acids is 1. The number of methoxy groups -OCH3 is 1. The van der Waals surface area contributed by atoms with Gasteiger partial charge in [0.2, 0.25) is 5.88 Å². The number of hydrogen-bond acceptors (Lipinski definition) is 5. The molecule has 1 atom stereocenters. The molecule has 4 rings (SSSR count). The van der Waals surface area contributed by atoms with Crippen molar-refractivity contribution in [3.63, 3.8) is 0 Å². The van der Waals surface area contributed by atoms with Crippen molar-refractivity contribution >= 4 is 16.9 Å². The van der Waals surface area contributed by atoms with Crippen molar-refractivity contribution in [2.24, 2.45) is 5.92 Å². The third-order valence-electron chi connectivity index (χ3n) is 5.22. The van der Waals surface area contributed by atoms with Crippen LogP contribution in [0.4, 0.5) is 0 Å². The molecule has 2 aromatic carbocycles. The molecule has 1 unspecified atom stereocenters. The van der Waals surface area contributed by atoms with E-state index in [0.29, 0.717) is 30.0 Å². The minimum absolute atomic E-state index is 0.0285. The van der Waals surface area contributed by atoms with Crippen molar-refractivity contribution in [3.8, 4) is 11.6 Å². The Morgan fingerprint density at radius 1 is 1.18 bits per heavy atom. The monoisotopic (exact) mass is 377 g/mol. The second-order valence-corrected chi connectivity index (χ2v) is 7.20. The van der Waals surface area contributed by atoms with Crippen LogP contribution in [0.3, 0.4) is 0 Å². The first-order valence-electron chi connectivity index (χ1n) is 9.52. The number of aromatic nitrogens is 2. The molecule has 1 amide bonds. The van der Waals surface area contributed by atoms with Crippen LogP contribution in [0.2, 0.25) is 0 Å². The van der Waals surface area contributed by atoms with Crippen LogP contribution in [-0.4, -0.2) is 46.1 Å². The molecule has 0 radical (unpaired) electrons. The first-order chi connectivity index (χ1) is 13.6. The molecule has 0 bridgehead atoms. The number of ether oxygens (including phenoxy) is 1. The summed E-state index contributed by atoms with van der Waals surface area (Å²) in [5, 5.41) is 10.2. The highest BCUT2D eigenvalue weighted by molar-refractivity contribution is 5.96. The Balaban J connectivity index is 1.51. The van der Waals surface area contributed by atoms with Gasteiger partial charge in [0, 0.05) is 13.1 Å². The molecule has 1 aliphatic heterocycles. The van der Waals surface area contributed by atoms with Gasteiger partial charge in [-0.2, -0.15) is 0 Å². The van der Waals surface area contributed by atoms with Crippen LogP contribution in [-0.2, 0) is 6.42 Å². The zero-order valence-corrected chi connectivity index (χ0v) is 15.8. The van der Waals surface area contributed by atoms with Crippen LogP contribution in [0.25, 0.3) is 11.0 Å². The number of carbonyl (C=O) groups is 1. The van der Waals surface area contributed by atoms with Gasteiger partial charge in [0.1, 0.15) is 5.75 Å².